The molecule has 4 nitrogen and oxygen atoms in total. The molecule has 0 fully saturated rings. The highest BCUT2D eigenvalue weighted by molar-refractivity contribution is 7.02. The zero-order valence-corrected chi connectivity index (χ0v) is 7.26. The smallest absolute Gasteiger partial charge is 0.253 e. The van der Waals surface area contributed by atoms with Gasteiger partial charge in [0.25, 0.3) is 0 Å². The minimum absolute atomic E-state index is 0.109. The monoisotopic (exact) mass is 171 g/mol. The van der Waals surface area contributed by atoms with Gasteiger partial charge in [-0.15, -0.1) is 0 Å². The molecule has 1 aromatic heterocycles. The van der Waals surface area contributed by atoms with Crippen LogP contribution < -0.4 is 4.87 Å². The summed E-state index contributed by atoms with van der Waals surface area (Å²) in [5, 5.41) is 3.62. The second-order valence-electron chi connectivity index (χ2n) is 2.39. The molecule has 0 radical (unpaired) electrons. The average Bonchev–Trinajstić information content (AvgIpc) is 2.31. The van der Waals surface area contributed by atoms with Gasteiger partial charge in [-0.05, 0) is 13.8 Å². The van der Waals surface area contributed by atoms with Gasteiger partial charge < -0.3 is 0 Å². The molecule has 0 aliphatic rings. The number of allylic oxidation sites excluding steroid dienone is 2. The summed E-state index contributed by atoms with van der Waals surface area (Å²) in [7, 11) is 0. The highest BCUT2D eigenvalue weighted by Gasteiger charge is 1.95. The van der Waals surface area contributed by atoms with E-state index in [1.165, 1.54) is 10.3 Å². The van der Waals surface area contributed by atoms with Crippen LogP contribution in [0.25, 0.3) is 0 Å². The van der Waals surface area contributed by atoms with E-state index < -0.39 is 0 Å². The standard InChI is InChI=1S/C6H9N3OS/c1-5(2)3-4-9-6(10)11-8-7-9/h3H,4H2,1-2H3. The van der Waals surface area contributed by atoms with Gasteiger partial charge in [0.2, 0.25) is 0 Å². The van der Waals surface area contributed by atoms with Crippen LogP contribution in [0.2, 0.25) is 0 Å². The molecule has 0 aliphatic carbocycles. The maximum atomic E-state index is 10.9. The first-order valence-corrected chi connectivity index (χ1v) is 4.00. The van der Waals surface area contributed by atoms with Gasteiger partial charge in [-0.1, -0.05) is 21.4 Å². The van der Waals surface area contributed by atoms with Crippen molar-refractivity contribution >= 4 is 11.5 Å². The van der Waals surface area contributed by atoms with Crippen LogP contribution in [0.1, 0.15) is 13.8 Å². The van der Waals surface area contributed by atoms with Gasteiger partial charge in [-0.2, -0.15) is 4.68 Å². The van der Waals surface area contributed by atoms with Crippen LogP contribution in [0.4, 0.5) is 0 Å². The molecule has 0 amide bonds. The number of nitrogens with zero attached hydrogens (tertiary/aromatic N) is 3. The van der Waals surface area contributed by atoms with Crippen LogP contribution in [0, 0.1) is 0 Å². The second-order valence-corrected chi connectivity index (χ2v) is 3.09. The van der Waals surface area contributed by atoms with Gasteiger partial charge in [0.05, 0.1) is 18.1 Å². The summed E-state index contributed by atoms with van der Waals surface area (Å²) in [6, 6.07) is 0. The number of rotatable bonds is 2. The maximum absolute atomic E-state index is 10.9. The normalized spacial score (nSPS) is 9.64. The number of hydrogen-bond donors (Lipinski definition) is 0. The van der Waals surface area contributed by atoms with Gasteiger partial charge in [0, 0.05) is 0 Å². The molecule has 0 bridgehead atoms. The molecule has 0 unspecified atom stereocenters. The molecule has 0 aromatic carbocycles. The van der Waals surface area contributed by atoms with E-state index in [4.69, 9.17) is 0 Å². The summed E-state index contributed by atoms with van der Waals surface area (Å²) < 4.78 is 4.84. The lowest BCUT2D eigenvalue weighted by Gasteiger charge is -1.90. The Labute approximate surface area is 68.3 Å². The zero-order chi connectivity index (χ0) is 8.27. The van der Waals surface area contributed by atoms with Gasteiger partial charge in [-0.3, -0.25) is 4.79 Å². The van der Waals surface area contributed by atoms with E-state index in [2.05, 4.69) is 9.70 Å². The Hall–Kier alpha value is -0.970. The largest absolute Gasteiger partial charge is 0.344 e. The Kier molecular flexibility index (Phi) is 2.53. The molecule has 1 heterocycles. The molecule has 0 spiro atoms. The quantitative estimate of drug-likeness (QED) is 0.614. The zero-order valence-electron chi connectivity index (χ0n) is 6.44. The fourth-order valence-corrected chi connectivity index (χ4v) is 0.961. The van der Waals surface area contributed by atoms with Crippen molar-refractivity contribution in [3.05, 3.63) is 21.3 Å². The van der Waals surface area contributed by atoms with Crippen molar-refractivity contribution in [2.24, 2.45) is 0 Å². The number of aromatic nitrogens is 3. The van der Waals surface area contributed by atoms with Crippen molar-refractivity contribution in [2.75, 3.05) is 0 Å². The van der Waals surface area contributed by atoms with Gasteiger partial charge >= 0.3 is 4.87 Å². The minimum Gasteiger partial charge on any atom is -0.253 e. The first-order chi connectivity index (χ1) is 5.20. The Morgan fingerprint density at radius 2 is 2.45 bits per heavy atom. The maximum Gasteiger partial charge on any atom is 0.344 e. The third-order valence-electron chi connectivity index (χ3n) is 1.15. The van der Waals surface area contributed by atoms with Crippen LogP contribution in [0.3, 0.4) is 0 Å². The molecular formula is C6H9N3OS. The summed E-state index contributed by atoms with van der Waals surface area (Å²) >= 11 is 0.873. The van der Waals surface area contributed by atoms with Crippen LogP contribution >= 0.6 is 11.5 Å². The fourth-order valence-electron chi connectivity index (χ4n) is 0.561. The molecule has 1 rings (SSSR count). The van der Waals surface area contributed by atoms with E-state index in [1.54, 1.807) is 0 Å². The first kappa shape index (κ1) is 8.13. The molecule has 5 heteroatoms. The molecule has 0 aliphatic heterocycles. The Morgan fingerprint density at radius 3 is 2.91 bits per heavy atom. The highest BCUT2D eigenvalue weighted by Crippen LogP contribution is 1.89. The van der Waals surface area contributed by atoms with Crippen molar-refractivity contribution in [2.45, 2.75) is 20.4 Å². The van der Waals surface area contributed by atoms with Gasteiger partial charge in [0.15, 0.2) is 0 Å². The predicted octanol–water partition coefficient (Wildman–Crippen LogP) is 0.666. The highest BCUT2D eigenvalue weighted by atomic mass is 32.1. The van der Waals surface area contributed by atoms with Crippen LogP contribution in [0.15, 0.2) is 16.4 Å². The van der Waals surface area contributed by atoms with Crippen molar-refractivity contribution in [3.8, 4) is 0 Å². The average molecular weight is 171 g/mol. The molecule has 0 saturated heterocycles. The second kappa shape index (κ2) is 3.43. The summed E-state index contributed by atoms with van der Waals surface area (Å²) in [5.74, 6) is 0. The summed E-state index contributed by atoms with van der Waals surface area (Å²) in [4.78, 5) is 10.8. The van der Waals surface area contributed by atoms with E-state index in [9.17, 15) is 4.79 Å². The Bertz CT molecular complexity index is 308. The van der Waals surface area contributed by atoms with Crippen LogP contribution in [-0.4, -0.2) is 14.4 Å². The van der Waals surface area contributed by atoms with E-state index in [0.717, 1.165) is 11.5 Å². The van der Waals surface area contributed by atoms with Gasteiger partial charge in [-0.25, -0.2) is 0 Å². The minimum atomic E-state index is -0.109. The Balaban J connectivity index is 2.73. The lowest BCUT2D eigenvalue weighted by Crippen LogP contribution is -2.13. The molecule has 0 saturated carbocycles. The molecule has 0 N–H and O–H groups in total. The van der Waals surface area contributed by atoms with Crippen molar-refractivity contribution in [1.29, 1.82) is 0 Å². The molecular weight excluding hydrogens is 162 g/mol. The summed E-state index contributed by atoms with van der Waals surface area (Å²) in [6.07, 6.45) is 1.93. The Morgan fingerprint density at radius 1 is 1.73 bits per heavy atom. The molecule has 60 valence electrons. The summed E-state index contributed by atoms with van der Waals surface area (Å²) in [6.45, 7) is 4.48. The van der Waals surface area contributed by atoms with Crippen LogP contribution in [0.5, 0.6) is 0 Å². The third-order valence-corrected chi connectivity index (χ3v) is 1.67. The van der Waals surface area contributed by atoms with Crippen molar-refractivity contribution < 1.29 is 0 Å². The lowest BCUT2D eigenvalue weighted by atomic mass is 10.3. The topological polar surface area (TPSA) is 47.8 Å². The number of hydrogen-bond acceptors (Lipinski definition) is 4. The molecule has 0 atom stereocenters. The van der Waals surface area contributed by atoms with E-state index >= 15 is 0 Å². The fraction of sp³-hybridized carbons (Fsp3) is 0.500. The van der Waals surface area contributed by atoms with Crippen LogP contribution in [-0.2, 0) is 6.54 Å². The van der Waals surface area contributed by atoms with E-state index in [0.29, 0.717) is 6.54 Å². The molecule has 11 heavy (non-hydrogen) atoms. The van der Waals surface area contributed by atoms with E-state index in [-0.39, 0.29) is 4.87 Å². The third kappa shape index (κ3) is 2.27. The van der Waals surface area contributed by atoms with Crippen molar-refractivity contribution in [1.82, 2.24) is 14.4 Å². The first-order valence-electron chi connectivity index (χ1n) is 3.23. The lowest BCUT2D eigenvalue weighted by molar-refractivity contribution is 0.641. The SMILES string of the molecule is CC(C)=CCn1nnsc1=O. The summed E-state index contributed by atoms with van der Waals surface area (Å²) in [5.41, 5.74) is 1.17. The van der Waals surface area contributed by atoms with E-state index in [1.807, 2.05) is 19.9 Å². The van der Waals surface area contributed by atoms with Crippen molar-refractivity contribution in [3.63, 3.8) is 0 Å². The predicted molar refractivity (Wildman–Crippen MR) is 43.6 cm³/mol. The molecule has 1 aromatic rings. The van der Waals surface area contributed by atoms with Gasteiger partial charge in [0.1, 0.15) is 0 Å².